The maximum atomic E-state index is 10.9. The van der Waals surface area contributed by atoms with Crippen molar-refractivity contribution in [3.05, 3.63) is 73.2 Å². The SMILES string of the molecule is Cc1c(CNCc2cc(Cl)ccc2Cl)cccc1[N+](=O)[O-]. The monoisotopic (exact) mass is 324 g/mol. The highest BCUT2D eigenvalue weighted by atomic mass is 35.5. The summed E-state index contributed by atoms with van der Waals surface area (Å²) in [5, 5.41) is 15.4. The van der Waals surface area contributed by atoms with Gasteiger partial charge in [-0.1, -0.05) is 35.3 Å². The summed E-state index contributed by atoms with van der Waals surface area (Å²) in [5.74, 6) is 0. The van der Waals surface area contributed by atoms with Gasteiger partial charge in [-0.3, -0.25) is 10.1 Å². The number of nitro groups is 1. The molecule has 0 saturated heterocycles. The molecule has 110 valence electrons. The van der Waals surface area contributed by atoms with E-state index in [1.54, 1.807) is 31.2 Å². The highest BCUT2D eigenvalue weighted by molar-refractivity contribution is 6.33. The Morgan fingerprint density at radius 1 is 1.14 bits per heavy atom. The summed E-state index contributed by atoms with van der Waals surface area (Å²) in [5.41, 5.74) is 2.59. The van der Waals surface area contributed by atoms with E-state index in [9.17, 15) is 10.1 Å². The number of hydrogen-bond acceptors (Lipinski definition) is 3. The summed E-state index contributed by atoms with van der Waals surface area (Å²) in [6.45, 7) is 2.82. The summed E-state index contributed by atoms with van der Waals surface area (Å²) in [6.07, 6.45) is 0. The Kier molecular flexibility index (Phi) is 5.17. The van der Waals surface area contributed by atoms with Crippen molar-refractivity contribution >= 4 is 28.9 Å². The summed E-state index contributed by atoms with van der Waals surface area (Å²) in [4.78, 5) is 10.5. The van der Waals surface area contributed by atoms with Crippen LogP contribution in [0.3, 0.4) is 0 Å². The molecule has 2 rings (SSSR count). The van der Waals surface area contributed by atoms with E-state index in [1.807, 2.05) is 6.07 Å². The van der Waals surface area contributed by atoms with Crippen LogP contribution in [0.5, 0.6) is 0 Å². The smallest absolute Gasteiger partial charge is 0.272 e. The number of rotatable bonds is 5. The van der Waals surface area contributed by atoms with Gasteiger partial charge in [0.2, 0.25) is 0 Å². The quantitative estimate of drug-likeness (QED) is 0.650. The van der Waals surface area contributed by atoms with Crippen molar-refractivity contribution in [3.8, 4) is 0 Å². The van der Waals surface area contributed by atoms with Crippen LogP contribution in [-0.4, -0.2) is 4.92 Å². The lowest BCUT2D eigenvalue weighted by Crippen LogP contribution is -2.14. The third-order valence-electron chi connectivity index (χ3n) is 3.25. The molecule has 0 amide bonds. The lowest BCUT2D eigenvalue weighted by atomic mass is 10.1. The maximum Gasteiger partial charge on any atom is 0.272 e. The van der Waals surface area contributed by atoms with Gasteiger partial charge in [-0.15, -0.1) is 0 Å². The topological polar surface area (TPSA) is 55.2 Å². The molecule has 0 spiro atoms. The van der Waals surface area contributed by atoms with Gasteiger partial charge in [-0.05, 0) is 36.2 Å². The van der Waals surface area contributed by atoms with Crippen molar-refractivity contribution in [1.82, 2.24) is 5.32 Å². The molecule has 21 heavy (non-hydrogen) atoms. The second kappa shape index (κ2) is 6.89. The third-order valence-corrected chi connectivity index (χ3v) is 3.86. The first-order valence-corrected chi connectivity index (χ1v) is 7.12. The van der Waals surface area contributed by atoms with Crippen molar-refractivity contribution < 1.29 is 4.92 Å². The van der Waals surface area contributed by atoms with E-state index in [0.717, 1.165) is 11.1 Å². The number of benzene rings is 2. The highest BCUT2D eigenvalue weighted by Crippen LogP contribution is 2.22. The molecule has 0 aliphatic rings. The average molecular weight is 325 g/mol. The van der Waals surface area contributed by atoms with Crippen LogP contribution in [0, 0.1) is 17.0 Å². The summed E-state index contributed by atoms with van der Waals surface area (Å²) < 4.78 is 0. The molecular weight excluding hydrogens is 311 g/mol. The van der Waals surface area contributed by atoms with E-state index in [-0.39, 0.29) is 10.6 Å². The molecule has 0 aromatic heterocycles. The molecular formula is C15H14Cl2N2O2. The standard InChI is InChI=1S/C15H14Cl2N2O2/c1-10-11(3-2-4-15(10)19(20)21)8-18-9-12-7-13(16)5-6-14(12)17/h2-7,18H,8-9H2,1H3. The van der Waals surface area contributed by atoms with E-state index in [2.05, 4.69) is 5.32 Å². The molecule has 1 N–H and O–H groups in total. The van der Waals surface area contributed by atoms with Crippen LogP contribution in [0.2, 0.25) is 10.0 Å². The van der Waals surface area contributed by atoms with Crippen LogP contribution in [-0.2, 0) is 13.1 Å². The zero-order chi connectivity index (χ0) is 15.4. The molecule has 0 heterocycles. The Balaban J connectivity index is 2.05. The summed E-state index contributed by atoms with van der Waals surface area (Å²) >= 11 is 12.0. The predicted octanol–water partition coefficient (Wildman–Crippen LogP) is 4.50. The van der Waals surface area contributed by atoms with Crippen molar-refractivity contribution in [1.29, 1.82) is 0 Å². The van der Waals surface area contributed by atoms with Crippen LogP contribution in [0.25, 0.3) is 0 Å². The average Bonchev–Trinajstić information content (AvgIpc) is 2.44. The van der Waals surface area contributed by atoms with Crippen molar-refractivity contribution in [2.24, 2.45) is 0 Å². The van der Waals surface area contributed by atoms with Crippen LogP contribution in [0.15, 0.2) is 36.4 Å². The van der Waals surface area contributed by atoms with Gasteiger partial charge in [-0.25, -0.2) is 0 Å². The van der Waals surface area contributed by atoms with Gasteiger partial charge in [0.15, 0.2) is 0 Å². The number of halogens is 2. The minimum absolute atomic E-state index is 0.134. The number of hydrogen-bond donors (Lipinski definition) is 1. The minimum atomic E-state index is -0.368. The second-order valence-electron chi connectivity index (χ2n) is 4.66. The summed E-state index contributed by atoms with van der Waals surface area (Å²) in [7, 11) is 0. The molecule has 0 radical (unpaired) electrons. The van der Waals surface area contributed by atoms with Crippen LogP contribution in [0.4, 0.5) is 5.69 Å². The lowest BCUT2D eigenvalue weighted by Gasteiger charge is -2.09. The first-order chi connectivity index (χ1) is 9.99. The van der Waals surface area contributed by atoms with Gasteiger partial charge < -0.3 is 5.32 Å². The fourth-order valence-corrected chi connectivity index (χ4v) is 2.45. The van der Waals surface area contributed by atoms with Crippen LogP contribution >= 0.6 is 23.2 Å². The Morgan fingerprint density at radius 2 is 1.86 bits per heavy atom. The first-order valence-electron chi connectivity index (χ1n) is 6.36. The molecule has 0 unspecified atom stereocenters. The van der Waals surface area contributed by atoms with Gasteiger partial charge in [0.25, 0.3) is 5.69 Å². The number of nitrogens with one attached hydrogen (secondary N) is 1. The second-order valence-corrected chi connectivity index (χ2v) is 5.50. The normalized spacial score (nSPS) is 10.6. The van der Waals surface area contributed by atoms with Crippen LogP contribution in [0.1, 0.15) is 16.7 Å². The molecule has 4 nitrogen and oxygen atoms in total. The molecule has 2 aromatic rings. The Hall–Kier alpha value is -1.62. The molecule has 0 aliphatic heterocycles. The minimum Gasteiger partial charge on any atom is -0.309 e. The zero-order valence-electron chi connectivity index (χ0n) is 11.4. The molecule has 0 aliphatic carbocycles. The summed E-state index contributed by atoms with van der Waals surface area (Å²) in [6, 6.07) is 10.4. The first kappa shape index (κ1) is 15.8. The van der Waals surface area contributed by atoms with Gasteiger partial charge in [0.05, 0.1) is 4.92 Å². The largest absolute Gasteiger partial charge is 0.309 e. The fourth-order valence-electron chi connectivity index (χ4n) is 2.07. The van der Waals surface area contributed by atoms with Gasteiger partial charge in [0, 0.05) is 34.8 Å². The van der Waals surface area contributed by atoms with Gasteiger partial charge in [-0.2, -0.15) is 0 Å². The Bertz CT molecular complexity index is 675. The third kappa shape index (κ3) is 3.94. The molecule has 0 atom stereocenters. The number of nitrogens with zero attached hydrogens (tertiary/aromatic N) is 1. The van der Waals surface area contributed by atoms with Crippen LogP contribution < -0.4 is 5.32 Å². The molecule has 0 saturated carbocycles. The molecule has 0 fully saturated rings. The van der Waals surface area contributed by atoms with E-state index in [4.69, 9.17) is 23.2 Å². The van der Waals surface area contributed by atoms with Crippen molar-refractivity contribution in [3.63, 3.8) is 0 Å². The lowest BCUT2D eigenvalue weighted by molar-refractivity contribution is -0.385. The number of nitro benzene ring substituents is 1. The van der Waals surface area contributed by atoms with E-state index in [1.165, 1.54) is 6.07 Å². The molecule has 6 heteroatoms. The Labute approximate surface area is 132 Å². The van der Waals surface area contributed by atoms with Crippen molar-refractivity contribution in [2.45, 2.75) is 20.0 Å². The van der Waals surface area contributed by atoms with Gasteiger partial charge >= 0.3 is 0 Å². The fraction of sp³-hybridized carbons (Fsp3) is 0.200. The maximum absolute atomic E-state index is 10.9. The van der Waals surface area contributed by atoms with Gasteiger partial charge in [0.1, 0.15) is 0 Å². The Morgan fingerprint density at radius 3 is 2.57 bits per heavy atom. The van der Waals surface area contributed by atoms with E-state index < -0.39 is 0 Å². The van der Waals surface area contributed by atoms with Crippen molar-refractivity contribution in [2.75, 3.05) is 0 Å². The van der Waals surface area contributed by atoms with E-state index >= 15 is 0 Å². The predicted molar refractivity (Wildman–Crippen MR) is 84.8 cm³/mol. The zero-order valence-corrected chi connectivity index (χ0v) is 12.9. The molecule has 2 aromatic carbocycles. The highest BCUT2D eigenvalue weighted by Gasteiger charge is 2.12. The van der Waals surface area contributed by atoms with E-state index in [0.29, 0.717) is 28.7 Å². The molecule has 0 bridgehead atoms.